The Morgan fingerprint density at radius 3 is 2.65 bits per heavy atom. The van der Waals surface area contributed by atoms with Gasteiger partial charge in [-0.05, 0) is 79.1 Å². The fraction of sp³-hybridized carbons (Fsp3) is 0.233. The lowest BCUT2D eigenvalue weighted by Crippen LogP contribution is -2.46. The van der Waals surface area contributed by atoms with Gasteiger partial charge < -0.3 is 9.84 Å². The first-order valence-electron chi connectivity index (χ1n) is 12.6. The van der Waals surface area contributed by atoms with Gasteiger partial charge in [-0.3, -0.25) is 4.90 Å². The van der Waals surface area contributed by atoms with Crippen LogP contribution in [0, 0.1) is 5.82 Å². The summed E-state index contributed by atoms with van der Waals surface area (Å²) in [5.74, 6) is 0.358. The van der Waals surface area contributed by atoms with E-state index in [1.807, 2.05) is 37.3 Å². The zero-order chi connectivity index (χ0) is 25.5. The zero-order valence-electron chi connectivity index (χ0n) is 20.8. The molecule has 1 atom stereocenters. The monoisotopic (exact) mass is 494 g/mol. The number of aryl methyl sites for hydroxylation is 3. The molecule has 1 N–H and O–H groups in total. The molecule has 37 heavy (non-hydrogen) atoms. The number of carbonyl (C=O) groups excluding carboxylic acids is 1. The van der Waals surface area contributed by atoms with E-state index in [-0.39, 0.29) is 17.7 Å². The predicted octanol–water partition coefficient (Wildman–Crippen LogP) is 6.63. The molecule has 1 unspecified atom stereocenters. The van der Waals surface area contributed by atoms with Gasteiger partial charge >= 0.3 is 6.03 Å². The Kier molecular flexibility index (Phi) is 5.83. The van der Waals surface area contributed by atoms with Crippen LogP contribution in [0.1, 0.15) is 54.5 Å². The number of amides is 2. The van der Waals surface area contributed by atoms with Crippen LogP contribution in [0.15, 0.2) is 77.0 Å². The maximum Gasteiger partial charge on any atom is 0.326 e. The Morgan fingerprint density at radius 2 is 1.86 bits per heavy atom. The van der Waals surface area contributed by atoms with E-state index >= 15 is 0 Å². The Labute approximate surface area is 214 Å². The Balaban J connectivity index is 1.47. The first-order valence-corrected chi connectivity index (χ1v) is 12.6. The highest BCUT2D eigenvalue weighted by molar-refractivity contribution is 6.01. The fourth-order valence-electron chi connectivity index (χ4n) is 5.30. The second-order valence-corrected chi connectivity index (χ2v) is 9.55. The molecule has 1 aliphatic heterocycles. The van der Waals surface area contributed by atoms with Crippen LogP contribution in [0.4, 0.5) is 14.9 Å². The van der Waals surface area contributed by atoms with Crippen molar-refractivity contribution in [3.05, 3.63) is 106 Å². The third-order valence-electron chi connectivity index (χ3n) is 7.28. The lowest BCUT2D eigenvalue weighted by molar-refractivity contribution is 0.244. The average molecular weight is 495 g/mol. The van der Waals surface area contributed by atoms with Gasteiger partial charge in [0.05, 0.1) is 17.3 Å². The molecular weight excluding hydrogens is 467 g/mol. The van der Waals surface area contributed by atoms with Crippen molar-refractivity contribution in [2.75, 3.05) is 4.90 Å². The van der Waals surface area contributed by atoms with Crippen LogP contribution in [0.5, 0.6) is 0 Å². The molecule has 0 bridgehead atoms. The third-order valence-corrected chi connectivity index (χ3v) is 7.28. The van der Waals surface area contributed by atoms with Gasteiger partial charge in [-0.2, -0.15) is 4.98 Å². The SMILES string of the molecule is CCc1ccc(-c2noc(C3=C(C)N(c4ccc5c(c4)CCC5)C(=O)NC3c3cccc(F)c3)n2)cc1. The van der Waals surface area contributed by atoms with E-state index in [1.165, 1.54) is 28.8 Å². The number of anilines is 1. The van der Waals surface area contributed by atoms with Crippen molar-refractivity contribution in [2.24, 2.45) is 0 Å². The van der Waals surface area contributed by atoms with Crippen molar-refractivity contribution in [3.8, 4) is 11.4 Å². The van der Waals surface area contributed by atoms with Crippen LogP contribution in [0.25, 0.3) is 17.0 Å². The van der Waals surface area contributed by atoms with E-state index in [0.29, 0.717) is 22.7 Å². The van der Waals surface area contributed by atoms with Gasteiger partial charge in [-0.15, -0.1) is 0 Å². The number of halogens is 1. The molecule has 0 spiro atoms. The first kappa shape index (κ1) is 23.2. The second-order valence-electron chi connectivity index (χ2n) is 9.55. The largest absolute Gasteiger partial charge is 0.334 e. The molecule has 1 aromatic heterocycles. The maximum atomic E-state index is 14.2. The Bertz CT molecular complexity index is 1520. The summed E-state index contributed by atoms with van der Waals surface area (Å²) >= 11 is 0. The van der Waals surface area contributed by atoms with Crippen LogP contribution in [-0.4, -0.2) is 16.2 Å². The Hall–Kier alpha value is -4.26. The van der Waals surface area contributed by atoms with E-state index in [0.717, 1.165) is 36.9 Å². The molecule has 0 saturated carbocycles. The van der Waals surface area contributed by atoms with Crippen molar-refractivity contribution >= 4 is 17.3 Å². The first-order chi connectivity index (χ1) is 18.0. The number of fused-ring (bicyclic) bond motifs is 1. The molecule has 7 heteroatoms. The molecule has 2 aliphatic rings. The standard InChI is InChI=1S/C30H27FN4O2/c1-3-19-10-12-21(13-11-19)28-33-29(37-34-28)26-18(2)35(25-15-14-20-6-4-7-22(20)17-25)30(36)32-27(26)23-8-5-9-24(31)16-23/h5,8-17,27H,3-4,6-7H2,1-2H3,(H,32,36). The lowest BCUT2D eigenvalue weighted by atomic mass is 9.94. The topological polar surface area (TPSA) is 71.3 Å². The summed E-state index contributed by atoms with van der Waals surface area (Å²) in [7, 11) is 0. The number of hydrogen-bond donors (Lipinski definition) is 1. The quantitative estimate of drug-likeness (QED) is 0.338. The molecule has 0 fully saturated rings. The van der Waals surface area contributed by atoms with Crippen LogP contribution >= 0.6 is 0 Å². The molecule has 6 rings (SSSR count). The minimum Gasteiger partial charge on any atom is -0.334 e. The summed E-state index contributed by atoms with van der Waals surface area (Å²) in [5.41, 5.74) is 7.32. The van der Waals surface area contributed by atoms with Gasteiger partial charge in [-0.25, -0.2) is 9.18 Å². The predicted molar refractivity (Wildman–Crippen MR) is 140 cm³/mol. The Morgan fingerprint density at radius 1 is 1.05 bits per heavy atom. The zero-order valence-corrected chi connectivity index (χ0v) is 20.8. The number of carbonyl (C=O) groups is 1. The molecule has 0 saturated heterocycles. The lowest BCUT2D eigenvalue weighted by Gasteiger charge is -2.35. The van der Waals surface area contributed by atoms with E-state index in [4.69, 9.17) is 9.51 Å². The summed E-state index contributed by atoms with van der Waals surface area (Å²) < 4.78 is 20.0. The summed E-state index contributed by atoms with van der Waals surface area (Å²) in [4.78, 5) is 19.8. The minimum absolute atomic E-state index is 0.285. The molecule has 0 radical (unpaired) electrons. The van der Waals surface area contributed by atoms with Gasteiger partial charge in [0.25, 0.3) is 5.89 Å². The second kappa shape index (κ2) is 9.32. The van der Waals surface area contributed by atoms with Crippen molar-refractivity contribution in [2.45, 2.75) is 45.6 Å². The molecule has 3 aromatic carbocycles. The number of nitrogens with zero attached hydrogens (tertiary/aromatic N) is 3. The summed E-state index contributed by atoms with van der Waals surface area (Å²) in [6, 6.07) is 19.5. The average Bonchev–Trinajstić information content (AvgIpc) is 3.58. The summed E-state index contributed by atoms with van der Waals surface area (Å²) in [6.45, 7) is 3.97. The highest BCUT2D eigenvalue weighted by Crippen LogP contribution is 2.40. The summed E-state index contributed by atoms with van der Waals surface area (Å²) in [5, 5.41) is 7.29. The van der Waals surface area contributed by atoms with Gasteiger partial charge in [0.15, 0.2) is 0 Å². The number of nitrogens with one attached hydrogen (secondary N) is 1. The van der Waals surface area contributed by atoms with E-state index in [9.17, 15) is 9.18 Å². The molecule has 2 amide bonds. The molecule has 186 valence electrons. The molecule has 4 aromatic rings. The molecular formula is C30H27FN4O2. The normalized spacial score (nSPS) is 17.2. The molecule has 6 nitrogen and oxygen atoms in total. The fourth-order valence-corrected chi connectivity index (χ4v) is 5.30. The van der Waals surface area contributed by atoms with Crippen LogP contribution in [-0.2, 0) is 19.3 Å². The smallest absolute Gasteiger partial charge is 0.326 e. The van der Waals surface area contributed by atoms with Gasteiger partial charge in [-0.1, -0.05) is 54.5 Å². The number of rotatable bonds is 5. The van der Waals surface area contributed by atoms with Gasteiger partial charge in [0.1, 0.15) is 5.82 Å². The highest BCUT2D eigenvalue weighted by atomic mass is 19.1. The highest BCUT2D eigenvalue weighted by Gasteiger charge is 2.37. The van der Waals surface area contributed by atoms with Crippen molar-refractivity contribution in [3.63, 3.8) is 0 Å². The van der Waals surface area contributed by atoms with E-state index < -0.39 is 6.04 Å². The number of aromatic nitrogens is 2. The van der Waals surface area contributed by atoms with Gasteiger partial charge in [0.2, 0.25) is 5.82 Å². The number of hydrogen-bond acceptors (Lipinski definition) is 4. The van der Waals surface area contributed by atoms with Crippen molar-refractivity contribution in [1.29, 1.82) is 0 Å². The minimum atomic E-state index is -0.648. The summed E-state index contributed by atoms with van der Waals surface area (Å²) in [6.07, 6.45) is 4.13. The number of benzene rings is 3. The number of allylic oxidation sites excluding steroid dienone is 1. The maximum absolute atomic E-state index is 14.2. The van der Waals surface area contributed by atoms with Crippen LogP contribution in [0.3, 0.4) is 0 Å². The van der Waals surface area contributed by atoms with Crippen LogP contribution in [0.2, 0.25) is 0 Å². The van der Waals surface area contributed by atoms with Gasteiger partial charge in [0, 0.05) is 11.3 Å². The number of urea groups is 1. The van der Waals surface area contributed by atoms with Crippen molar-refractivity contribution < 1.29 is 13.7 Å². The molecule has 2 heterocycles. The molecule has 1 aliphatic carbocycles. The van der Waals surface area contributed by atoms with Crippen LogP contribution < -0.4 is 10.2 Å². The van der Waals surface area contributed by atoms with E-state index in [1.54, 1.807) is 17.0 Å². The third kappa shape index (κ3) is 4.20. The van der Waals surface area contributed by atoms with E-state index in [2.05, 4.69) is 29.5 Å². The van der Waals surface area contributed by atoms with Crippen molar-refractivity contribution in [1.82, 2.24) is 15.5 Å².